The number of hydrogen-bond acceptors (Lipinski definition) is 10. The van der Waals surface area contributed by atoms with Gasteiger partial charge in [0.1, 0.15) is 0 Å². The van der Waals surface area contributed by atoms with Crippen LogP contribution in [0.5, 0.6) is 0 Å². The second-order valence-corrected chi connectivity index (χ2v) is 26.5. The van der Waals surface area contributed by atoms with E-state index < -0.39 is 6.85 Å². The fourth-order valence-corrected chi connectivity index (χ4v) is 12.7. The van der Waals surface area contributed by atoms with Crippen molar-refractivity contribution in [3.8, 4) is 56.0 Å². The van der Waals surface area contributed by atoms with E-state index in [4.69, 9.17) is 34.4 Å². The van der Waals surface area contributed by atoms with Crippen molar-refractivity contribution in [1.29, 1.82) is 0 Å². The Morgan fingerprint density at radius 1 is 0.518 bits per heavy atom. The third-order valence-electron chi connectivity index (χ3n) is 17.0. The number of carbonyl (C=O) groups excluding carboxylic acids is 3. The van der Waals surface area contributed by atoms with Crippen LogP contribution in [0.15, 0.2) is 297 Å². The van der Waals surface area contributed by atoms with E-state index in [1.54, 1.807) is 6.07 Å². The number of aliphatic hydroxyl groups is 3. The van der Waals surface area contributed by atoms with E-state index in [2.05, 4.69) is 206 Å². The third kappa shape index (κ3) is 23.6. The van der Waals surface area contributed by atoms with Crippen molar-refractivity contribution in [2.24, 2.45) is 5.92 Å². The number of nitrogens with zero attached hydrogens (tertiary/aromatic N) is 5. The molecular formula is C96H87Ir3N5O6-2. The number of benzene rings is 11. The maximum Gasteiger partial charge on any atom is 0.221 e. The quantitative estimate of drug-likeness (QED) is 0.0416. The molecule has 14 heteroatoms. The van der Waals surface area contributed by atoms with E-state index in [9.17, 15) is 14.4 Å². The molecule has 110 heavy (non-hydrogen) atoms. The van der Waals surface area contributed by atoms with Gasteiger partial charge in [-0.05, 0) is 135 Å². The molecule has 11 aromatic carbocycles. The fourth-order valence-electron chi connectivity index (χ4n) is 12.7. The van der Waals surface area contributed by atoms with Crippen molar-refractivity contribution >= 4 is 82.4 Å². The summed E-state index contributed by atoms with van der Waals surface area (Å²) in [5, 5.41) is 35.8. The molecule has 0 aliphatic carbocycles. The van der Waals surface area contributed by atoms with Crippen LogP contribution in [0.25, 0.3) is 121 Å². The number of aromatic nitrogens is 5. The number of allylic oxidation sites excluding steroid dienone is 6. The summed E-state index contributed by atoms with van der Waals surface area (Å²) < 4.78 is 25.2. The van der Waals surface area contributed by atoms with Crippen LogP contribution in [0.3, 0.4) is 0 Å². The zero-order valence-corrected chi connectivity index (χ0v) is 70.0. The Bertz CT molecular complexity index is 5840. The largest absolute Gasteiger partial charge is 0.512 e. The third-order valence-corrected chi connectivity index (χ3v) is 17.0. The Morgan fingerprint density at radius 2 is 1.11 bits per heavy atom. The maximum atomic E-state index is 10.0. The molecule has 16 rings (SSSR count). The minimum Gasteiger partial charge on any atom is -0.512 e. The number of fused-ring (bicyclic) bond motifs is 13. The summed E-state index contributed by atoms with van der Waals surface area (Å²) in [6, 6.07) is 93.2. The van der Waals surface area contributed by atoms with Crippen LogP contribution in [-0.2, 0) is 87.7 Å². The van der Waals surface area contributed by atoms with Crippen LogP contribution in [0.2, 0.25) is 0 Å². The number of rotatable bonds is 9. The van der Waals surface area contributed by atoms with Crippen LogP contribution in [0.1, 0.15) is 87.4 Å². The molecule has 15 aromatic rings. The molecule has 561 valence electrons. The zero-order valence-electron chi connectivity index (χ0n) is 65.9. The minimum absolute atomic E-state index is 0. The van der Waals surface area contributed by atoms with Crippen LogP contribution < -0.4 is 4.57 Å². The number of pyridine rings is 3. The van der Waals surface area contributed by atoms with Gasteiger partial charge in [-0.2, -0.15) is 4.57 Å². The van der Waals surface area contributed by atoms with Crippen LogP contribution >= 0.6 is 0 Å². The number of aliphatic hydroxyl groups excluding tert-OH is 3. The van der Waals surface area contributed by atoms with E-state index in [0.717, 1.165) is 90.4 Å². The van der Waals surface area contributed by atoms with Crippen LogP contribution in [-0.4, -0.2) is 52.6 Å². The smallest absolute Gasteiger partial charge is 0.221 e. The second-order valence-electron chi connectivity index (χ2n) is 26.5. The van der Waals surface area contributed by atoms with Gasteiger partial charge in [0.05, 0.1) is 45.0 Å². The first kappa shape index (κ1) is 81.6. The first-order chi connectivity index (χ1) is 52.8. The molecule has 11 nitrogen and oxygen atoms in total. The molecule has 0 saturated carbocycles. The Morgan fingerprint density at radius 3 is 1.73 bits per heavy atom. The predicted octanol–water partition coefficient (Wildman–Crippen LogP) is 22.9. The van der Waals surface area contributed by atoms with Gasteiger partial charge >= 0.3 is 0 Å². The summed E-state index contributed by atoms with van der Waals surface area (Å²) in [4.78, 5) is 48.9. The number of aryl methyl sites for hydroxylation is 3. The van der Waals surface area contributed by atoms with Crippen molar-refractivity contribution < 1.29 is 98.7 Å². The maximum absolute atomic E-state index is 10.0. The van der Waals surface area contributed by atoms with Gasteiger partial charge in [-0.1, -0.05) is 213 Å². The van der Waals surface area contributed by atoms with Gasteiger partial charge in [0.25, 0.3) is 0 Å². The van der Waals surface area contributed by atoms with E-state index in [0.29, 0.717) is 5.92 Å². The average Bonchev–Trinajstić information content (AvgIpc) is 1.35. The SMILES string of the molecule is CC(=O)C=C(C)O.CC(=O)C=C(C)O.CC(=O)C=C(C)O.Cc1cnc2c3[c-]cc(-c4ccccc4)cc3c3cc(-c4ccccc4)ccc3c2n1.[2H]C([2H])([2H])c1[c-]c(-c2ccc3c(CC(C)C)cccc3n2)cc(C)c1.[Ir].[Ir].[Ir].[c-]1ccccc1-c1nccc2ccccc12.c1ccc2c(c1)C[n+]1ccc3ccccc3c1-2. The van der Waals surface area contributed by atoms with E-state index in [1.807, 2.05) is 105 Å². The van der Waals surface area contributed by atoms with Gasteiger partial charge in [0.15, 0.2) is 30.1 Å². The molecule has 0 spiro atoms. The van der Waals surface area contributed by atoms with Gasteiger partial charge in [0, 0.05) is 118 Å². The molecule has 0 saturated heterocycles. The summed E-state index contributed by atoms with van der Waals surface area (Å²) in [5.41, 5.74) is 18.5. The molecule has 4 aromatic heterocycles. The molecule has 0 atom stereocenters. The van der Waals surface area contributed by atoms with E-state index >= 15 is 0 Å². The Hall–Kier alpha value is -10.9. The molecule has 1 aliphatic rings. The number of hydrogen-bond donors (Lipinski definition) is 3. The zero-order chi connectivity index (χ0) is 78.6. The molecule has 5 heterocycles. The molecule has 3 radical (unpaired) electrons. The normalized spacial score (nSPS) is 11.6. The summed E-state index contributed by atoms with van der Waals surface area (Å²) in [7, 11) is 0. The molecule has 0 fully saturated rings. The van der Waals surface area contributed by atoms with Crippen molar-refractivity contribution in [2.45, 2.75) is 89.1 Å². The first-order valence-corrected chi connectivity index (χ1v) is 35.3. The minimum atomic E-state index is -2.16. The van der Waals surface area contributed by atoms with Crippen molar-refractivity contribution in [1.82, 2.24) is 19.9 Å². The van der Waals surface area contributed by atoms with Crippen molar-refractivity contribution in [2.75, 3.05) is 0 Å². The molecule has 0 unspecified atom stereocenters. The monoisotopic (exact) mass is 1990 g/mol. The molecule has 0 bridgehead atoms. The predicted molar refractivity (Wildman–Crippen MR) is 439 cm³/mol. The van der Waals surface area contributed by atoms with Gasteiger partial charge < -0.3 is 25.3 Å². The Balaban J connectivity index is 0.000000195. The van der Waals surface area contributed by atoms with Gasteiger partial charge in [-0.3, -0.25) is 24.4 Å². The van der Waals surface area contributed by atoms with Crippen molar-refractivity contribution in [3.05, 3.63) is 343 Å². The standard InChI is InChI=1S/C29H19N2.C21H22N.C16H12N.C15H10N.3C5H8O2.3Ir/c1-19-18-30-28-24-14-12-22(20-8-4-2-5-9-20)16-26(24)27-17-23(21-10-6-3-7-11-21)13-15-25(27)29(28)31-19;1-14(2)10-17-6-5-7-21-19(17)8-9-20(22-21)18-12-15(3)11-16(4)13-18;1-3-7-14-12(5-1)9-10-17-11-13-6-2-4-8-15(13)16(14)17;1-2-7-13(8-3-1)15-14-9-5-4-6-12(14)10-11-16-15;3*1-4(6)3-5(2)7;;;/h2-13,15-18H,1H3;5-9,11-12,14H,10H2,1-4H3;1-10H,11H2;1-7,9-11H;3*3,6H,1-2H3;;;/q2*-1;+1;-1;;;;;;/i;4D3;;;;;;;;. The Labute approximate surface area is 689 Å². The molecule has 0 amide bonds. The molecular weight excluding hydrogens is 1900 g/mol. The molecule has 1 aliphatic heterocycles. The summed E-state index contributed by atoms with van der Waals surface area (Å²) >= 11 is 0. The van der Waals surface area contributed by atoms with Gasteiger partial charge in [-0.15, -0.1) is 94.4 Å². The van der Waals surface area contributed by atoms with Gasteiger partial charge in [0.2, 0.25) is 5.69 Å². The number of ketones is 3. The number of carbonyl (C=O) groups is 3. The summed E-state index contributed by atoms with van der Waals surface area (Å²) in [5.74, 6) is 0.393. The van der Waals surface area contributed by atoms with Crippen LogP contribution in [0, 0.1) is 44.8 Å². The second kappa shape index (κ2) is 41.6. The molecule has 3 N–H and O–H groups in total. The summed E-state index contributed by atoms with van der Waals surface area (Å²) in [6.07, 6.45) is 10.4. The summed E-state index contributed by atoms with van der Waals surface area (Å²) in [6.45, 7) is 15.7. The van der Waals surface area contributed by atoms with Crippen molar-refractivity contribution in [3.63, 3.8) is 0 Å². The van der Waals surface area contributed by atoms with Gasteiger partial charge in [-0.25, -0.2) is 0 Å². The Kier molecular flexibility index (Phi) is 30.9. The van der Waals surface area contributed by atoms with E-state index in [-0.39, 0.29) is 101 Å². The fraction of sp³-hybridized carbons (Fsp3) is 0.146. The first-order valence-electron chi connectivity index (χ1n) is 36.8. The van der Waals surface area contributed by atoms with E-state index in [1.165, 1.54) is 126 Å². The average molecular weight is 1990 g/mol. The van der Waals surface area contributed by atoms with Crippen LogP contribution in [0.4, 0.5) is 0 Å². The topological polar surface area (TPSA) is 167 Å².